The predicted octanol–water partition coefficient (Wildman–Crippen LogP) is 14.3. The number of rotatable bonds is 46. The van der Waals surface area contributed by atoms with Crippen LogP contribution in [0.4, 0.5) is 0 Å². The predicted molar refractivity (Wildman–Crippen MR) is 260 cm³/mol. The van der Waals surface area contributed by atoms with Crippen molar-refractivity contribution in [2.75, 3.05) is 33.0 Å². The molecule has 0 saturated carbocycles. The summed E-state index contributed by atoms with van der Waals surface area (Å²) >= 11 is 0. The smallest absolute Gasteiger partial charge is 0.457 e. The molecular formula is C52H91O9P. The summed E-state index contributed by atoms with van der Waals surface area (Å²) in [6.07, 6.45) is 59.7. The number of phosphoric ester groups is 1. The molecule has 0 fully saturated rings. The molecule has 10 heteroatoms. The minimum atomic E-state index is -4.54. The van der Waals surface area contributed by atoms with E-state index in [1.54, 1.807) is 0 Å². The standard InChI is InChI=1S/C52H91O9P/c1-3-5-7-9-11-13-15-17-19-21-23-24-25-27-29-31-33-35-37-39-41-43-45-58-48-51(49-60-62(56,57)59-47-50(54)46-53)61-52(55)44-42-40-38-36-34-32-30-28-26-22-20-18-16-14-12-10-8-6-4-2/h6,8,12,14-15,17-18,20-21,23,25-28,50-51,53-54H,3-5,7,9-11,13,16,19,22,24,29-49H2,1-2H3,(H,56,57)/b8-6-,14-12-,17-15-,20-18-,23-21-,27-25-,28-26-. The Balaban J connectivity index is 4.17. The van der Waals surface area contributed by atoms with E-state index < -0.39 is 45.8 Å². The van der Waals surface area contributed by atoms with E-state index >= 15 is 0 Å². The fraction of sp³-hybridized carbons (Fsp3) is 0.712. The number of aliphatic hydroxyl groups excluding tert-OH is 2. The summed E-state index contributed by atoms with van der Waals surface area (Å²) < 4.78 is 33.5. The van der Waals surface area contributed by atoms with Gasteiger partial charge in [-0.25, -0.2) is 4.57 Å². The van der Waals surface area contributed by atoms with Gasteiger partial charge in [0, 0.05) is 13.0 Å². The Morgan fingerprint density at radius 1 is 0.516 bits per heavy atom. The van der Waals surface area contributed by atoms with Crippen LogP contribution < -0.4 is 0 Å². The van der Waals surface area contributed by atoms with Crippen LogP contribution in [0.15, 0.2) is 85.1 Å². The second kappa shape index (κ2) is 48.1. The lowest BCUT2D eigenvalue weighted by molar-refractivity contribution is -0.154. The summed E-state index contributed by atoms with van der Waals surface area (Å²) in [4.78, 5) is 22.7. The number of phosphoric acid groups is 1. The maximum atomic E-state index is 12.7. The van der Waals surface area contributed by atoms with Gasteiger partial charge in [0.2, 0.25) is 0 Å². The number of hydrogen-bond donors (Lipinski definition) is 3. The van der Waals surface area contributed by atoms with E-state index in [4.69, 9.17) is 23.6 Å². The van der Waals surface area contributed by atoms with Crippen molar-refractivity contribution in [3.8, 4) is 0 Å². The zero-order chi connectivity index (χ0) is 45.3. The third-order valence-electron chi connectivity index (χ3n) is 10.1. The maximum absolute atomic E-state index is 12.7. The van der Waals surface area contributed by atoms with Crippen LogP contribution in [0.3, 0.4) is 0 Å². The minimum Gasteiger partial charge on any atom is -0.457 e. The average Bonchev–Trinajstić information content (AvgIpc) is 3.26. The van der Waals surface area contributed by atoms with Gasteiger partial charge in [0.1, 0.15) is 12.2 Å². The van der Waals surface area contributed by atoms with Crippen LogP contribution in [0.1, 0.15) is 194 Å². The molecule has 0 amide bonds. The van der Waals surface area contributed by atoms with E-state index in [9.17, 15) is 19.4 Å². The van der Waals surface area contributed by atoms with Crippen LogP contribution in [-0.2, 0) is 27.9 Å². The van der Waals surface area contributed by atoms with Crippen molar-refractivity contribution in [2.24, 2.45) is 0 Å². The van der Waals surface area contributed by atoms with Gasteiger partial charge in [0.15, 0.2) is 0 Å². The summed E-state index contributed by atoms with van der Waals surface area (Å²) in [6.45, 7) is 3.35. The van der Waals surface area contributed by atoms with Crippen LogP contribution in [0.5, 0.6) is 0 Å². The van der Waals surface area contributed by atoms with Crippen molar-refractivity contribution in [1.29, 1.82) is 0 Å². The molecule has 62 heavy (non-hydrogen) atoms. The Hall–Kier alpha value is -2.36. The van der Waals surface area contributed by atoms with Crippen molar-refractivity contribution in [3.63, 3.8) is 0 Å². The minimum absolute atomic E-state index is 0.0316. The molecule has 0 aliphatic carbocycles. The quantitative estimate of drug-likeness (QED) is 0.0236. The van der Waals surface area contributed by atoms with E-state index in [-0.39, 0.29) is 13.0 Å². The molecule has 0 aliphatic rings. The first kappa shape index (κ1) is 59.6. The highest BCUT2D eigenvalue weighted by Crippen LogP contribution is 2.43. The van der Waals surface area contributed by atoms with Crippen LogP contribution in [0, 0.1) is 0 Å². The van der Waals surface area contributed by atoms with Crippen LogP contribution in [0.25, 0.3) is 0 Å². The van der Waals surface area contributed by atoms with Crippen molar-refractivity contribution in [3.05, 3.63) is 85.1 Å². The van der Waals surface area contributed by atoms with Gasteiger partial charge in [0.05, 0.1) is 26.4 Å². The number of aliphatic hydroxyl groups is 2. The van der Waals surface area contributed by atoms with Crippen LogP contribution in [-0.4, -0.2) is 66.3 Å². The number of carbonyl (C=O) groups is 1. The largest absolute Gasteiger partial charge is 0.472 e. The van der Waals surface area contributed by atoms with Gasteiger partial charge in [-0.3, -0.25) is 13.8 Å². The molecule has 0 spiro atoms. The van der Waals surface area contributed by atoms with Crippen molar-refractivity contribution in [1.82, 2.24) is 0 Å². The first-order valence-corrected chi connectivity index (χ1v) is 26.1. The van der Waals surface area contributed by atoms with E-state index in [0.717, 1.165) is 103 Å². The Morgan fingerprint density at radius 2 is 0.919 bits per heavy atom. The zero-order valence-corrected chi connectivity index (χ0v) is 40.2. The number of esters is 1. The van der Waals surface area contributed by atoms with E-state index in [1.807, 2.05) is 0 Å². The third-order valence-corrected chi connectivity index (χ3v) is 11.0. The van der Waals surface area contributed by atoms with E-state index in [2.05, 4.69) is 98.9 Å². The first-order valence-electron chi connectivity index (χ1n) is 24.6. The summed E-state index contributed by atoms with van der Waals surface area (Å²) in [7, 11) is -4.54. The molecule has 0 radical (unpaired) electrons. The molecule has 0 heterocycles. The molecule has 0 aliphatic heterocycles. The molecule has 0 rings (SSSR count). The maximum Gasteiger partial charge on any atom is 0.472 e. The lowest BCUT2D eigenvalue weighted by atomic mass is 10.1. The molecule has 0 aromatic carbocycles. The number of carbonyl (C=O) groups excluding carboxylic acids is 1. The molecular weight excluding hydrogens is 800 g/mol. The van der Waals surface area contributed by atoms with Crippen molar-refractivity contribution in [2.45, 2.75) is 206 Å². The molecule has 0 aromatic rings. The highest BCUT2D eigenvalue weighted by Gasteiger charge is 2.26. The zero-order valence-electron chi connectivity index (χ0n) is 39.3. The lowest BCUT2D eigenvalue weighted by Crippen LogP contribution is -2.29. The second-order valence-corrected chi connectivity index (χ2v) is 17.5. The average molecular weight is 891 g/mol. The van der Waals surface area contributed by atoms with Crippen molar-refractivity contribution < 1.29 is 43.0 Å². The summed E-state index contributed by atoms with van der Waals surface area (Å²) in [5.74, 6) is -0.403. The molecule has 0 aromatic heterocycles. The van der Waals surface area contributed by atoms with Gasteiger partial charge < -0.3 is 24.6 Å². The topological polar surface area (TPSA) is 132 Å². The molecule has 358 valence electrons. The van der Waals surface area contributed by atoms with Gasteiger partial charge in [-0.15, -0.1) is 0 Å². The summed E-state index contributed by atoms with van der Waals surface area (Å²) in [5, 5.41) is 18.4. The fourth-order valence-corrected chi connectivity index (χ4v) is 7.14. The number of hydrogen-bond acceptors (Lipinski definition) is 8. The van der Waals surface area contributed by atoms with Gasteiger partial charge in [-0.1, -0.05) is 182 Å². The Morgan fingerprint density at radius 3 is 1.39 bits per heavy atom. The Labute approximate surface area is 379 Å². The highest BCUT2D eigenvalue weighted by molar-refractivity contribution is 7.47. The molecule has 0 bridgehead atoms. The monoisotopic (exact) mass is 891 g/mol. The molecule has 0 saturated heterocycles. The Kier molecular flexibility index (Phi) is 46.3. The van der Waals surface area contributed by atoms with Gasteiger partial charge >= 0.3 is 13.8 Å². The molecule has 9 nitrogen and oxygen atoms in total. The van der Waals surface area contributed by atoms with Crippen LogP contribution in [0.2, 0.25) is 0 Å². The number of allylic oxidation sites excluding steroid dienone is 14. The van der Waals surface area contributed by atoms with E-state index in [0.29, 0.717) is 13.0 Å². The fourth-order valence-electron chi connectivity index (χ4n) is 6.35. The number of unbranched alkanes of at least 4 members (excludes halogenated alkanes) is 18. The third kappa shape index (κ3) is 47.1. The van der Waals surface area contributed by atoms with Gasteiger partial charge in [-0.05, 0) is 89.9 Å². The normalized spacial score (nSPS) is 14.6. The lowest BCUT2D eigenvalue weighted by Gasteiger charge is -2.20. The molecule has 3 unspecified atom stereocenters. The Bertz CT molecular complexity index is 1240. The first-order chi connectivity index (χ1) is 30.3. The second-order valence-electron chi connectivity index (χ2n) is 16.1. The summed E-state index contributed by atoms with van der Waals surface area (Å²) in [5.41, 5.74) is 0. The highest BCUT2D eigenvalue weighted by atomic mass is 31.2. The molecule has 3 atom stereocenters. The van der Waals surface area contributed by atoms with Crippen LogP contribution >= 0.6 is 7.82 Å². The van der Waals surface area contributed by atoms with E-state index in [1.165, 1.54) is 64.2 Å². The van der Waals surface area contributed by atoms with Gasteiger partial charge in [-0.2, -0.15) is 0 Å². The SMILES string of the molecule is CC/C=C\C/C=C\C/C=C\C/C=C\CCCCCCCCC(=O)OC(COCCCCCCCCC/C=C\C/C=C\C/C=C\CCCCCCC)COP(=O)(O)OCC(O)CO. The molecule has 3 N–H and O–H groups in total. The van der Waals surface area contributed by atoms with Crippen molar-refractivity contribution >= 4 is 13.8 Å². The number of ether oxygens (including phenoxy) is 2. The van der Waals surface area contributed by atoms with Gasteiger partial charge in [0.25, 0.3) is 0 Å². The summed E-state index contributed by atoms with van der Waals surface area (Å²) in [6, 6.07) is 0.